The molecule has 0 unspecified atom stereocenters. The minimum atomic E-state index is -3.80. The van der Waals surface area contributed by atoms with E-state index in [1.165, 1.54) is 24.8 Å². The molecule has 0 saturated carbocycles. The number of ether oxygens (including phenoxy) is 2. The first-order valence-corrected chi connectivity index (χ1v) is 11.7. The van der Waals surface area contributed by atoms with Crippen molar-refractivity contribution in [3.05, 3.63) is 78.4 Å². The van der Waals surface area contributed by atoms with Gasteiger partial charge in [-0.1, -0.05) is 30.3 Å². The van der Waals surface area contributed by atoms with Gasteiger partial charge in [0.2, 0.25) is 0 Å². The van der Waals surface area contributed by atoms with Crippen LogP contribution in [0.15, 0.2) is 77.7 Å². The van der Waals surface area contributed by atoms with Gasteiger partial charge in [0, 0.05) is 18.3 Å². The maximum Gasteiger partial charge on any atom is 0.262 e. The fourth-order valence-electron chi connectivity index (χ4n) is 2.95. The molecule has 168 valence electrons. The van der Waals surface area contributed by atoms with Crippen LogP contribution in [0.3, 0.4) is 0 Å². The molecular formula is C23H25N3O4S2. The molecule has 7 nitrogen and oxygen atoms in total. The number of anilines is 2. The van der Waals surface area contributed by atoms with Gasteiger partial charge < -0.3 is 20.1 Å². The van der Waals surface area contributed by atoms with Crippen molar-refractivity contribution in [1.29, 1.82) is 0 Å². The van der Waals surface area contributed by atoms with Gasteiger partial charge in [-0.25, -0.2) is 8.42 Å². The summed E-state index contributed by atoms with van der Waals surface area (Å²) in [4.78, 5) is 0.0682. The van der Waals surface area contributed by atoms with Gasteiger partial charge in [-0.3, -0.25) is 4.72 Å². The van der Waals surface area contributed by atoms with Crippen molar-refractivity contribution in [2.24, 2.45) is 0 Å². The van der Waals surface area contributed by atoms with Gasteiger partial charge in [0.1, 0.15) is 11.5 Å². The number of sulfonamides is 1. The first-order chi connectivity index (χ1) is 15.4. The summed E-state index contributed by atoms with van der Waals surface area (Å²) in [5, 5.41) is 6.62. The predicted octanol–water partition coefficient (Wildman–Crippen LogP) is 4.03. The van der Waals surface area contributed by atoms with Crippen LogP contribution < -0.4 is 24.8 Å². The molecular weight excluding hydrogens is 446 g/mol. The zero-order valence-corrected chi connectivity index (χ0v) is 19.4. The summed E-state index contributed by atoms with van der Waals surface area (Å²) in [5.74, 6) is 0.994. The second-order valence-corrected chi connectivity index (χ2v) is 8.90. The molecule has 32 heavy (non-hydrogen) atoms. The van der Waals surface area contributed by atoms with E-state index in [9.17, 15) is 8.42 Å². The van der Waals surface area contributed by atoms with Crippen LogP contribution in [0, 0.1) is 0 Å². The molecule has 0 atom stereocenters. The Morgan fingerprint density at radius 2 is 1.66 bits per heavy atom. The summed E-state index contributed by atoms with van der Waals surface area (Å²) in [6, 6.07) is 21.2. The Kier molecular flexibility index (Phi) is 7.91. The lowest BCUT2D eigenvalue weighted by molar-refractivity contribution is 0.415. The standard InChI is InChI=1S/C23H25N3O4S2/c1-29-19-10-8-18(9-11-19)26-32(27,28)20-12-13-21(22(16-20)30-2)25-23(31)24-15-14-17-6-4-3-5-7-17/h3-13,16,26H,14-15H2,1-2H3,(H2,24,25,31). The predicted molar refractivity (Wildman–Crippen MR) is 131 cm³/mol. The third kappa shape index (κ3) is 6.35. The van der Waals surface area contributed by atoms with E-state index < -0.39 is 10.0 Å². The molecule has 0 aliphatic heterocycles. The van der Waals surface area contributed by atoms with E-state index in [4.69, 9.17) is 21.7 Å². The molecule has 0 aliphatic rings. The number of methoxy groups -OCH3 is 2. The van der Waals surface area contributed by atoms with Gasteiger partial charge in [0.05, 0.1) is 24.8 Å². The van der Waals surface area contributed by atoms with Gasteiger partial charge in [-0.2, -0.15) is 0 Å². The van der Waals surface area contributed by atoms with E-state index in [2.05, 4.69) is 27.5 Å². The van der Waals surface area contributed by atoms with E-state index in [-0.39, 0.29) is 4.90 Å². The van der Waals surface area contributed by atoms with Crippen LogP contribution in [0.1, 0.15) is 5.56 Å². The number of nitrogens with one attached hydrogen (secondary N) is 3. The zero-order chi connectivity index (χ0) is 23.0. The summed E-state index contributed by atoms with van der Waals surface area (Å²) in [5.41, 5.74) is 2.20. The van der Waals surface area contributed by atoms with E-state index >= 15 is 0 Å². The average Bonchev–Trinajstić information content (AvgIpc) is 2.80. The van der Waals surface area contributed by atoms with Gasteiger partial charge in [-0.15, -0.1) is 0 Å². The zero-order valence-electron chi connectivity index (χ0n) is 17.8. The smallest absolute Gasteiger partial charge is 0.262 e. The lowest BCUT2D eigenvalue weighted by atomic mass is 10.1. The van der Waals surface area contributed by atoms with Gasteiger partial charge in [0.15, 0.2) is 5.11 Å². The van der Waals surface area contributed by atoms with Crippen LogP contribution >= 0.6 is 12.2 Å². The molecule has 0 radical (unpaired) electrons. The molecule has 0 saturated heterocycles. The minimum absolute atomic E-state index is 0.0682. The Balaban J connectivity index is 1.64. The number of hydrogen-bond acceptors (Lipinski definition) is 5. The summed E-state index contributed by atoms with van der Waals surface area (Å²) in [6.45, 7) is 0.663. The van der Waals surface area contributed by atoms with Crippen molar-refractivity contribution in [2.45, 2.75) is 11.3 Å². The molecule has 0 heterocycles. The molecule has 0 amide bonds. The molecule has 0 spiro atoms. The Morgan fingerprint density at radius 1 is 0.938 bits per heavy atom. The van der Waals surface area contributed by atoms with Crippen molar-refractivity contribution < 1.29 is 17.9 Å². The fraction of sp³-hybridized carbons (Fsp3) is 0.174. The maximum absolute atomic E-state index is 12.8. The second kappa shape index (κ2) is 10.8. The Labute approximate surface area is 193 Å². The van der Waals surface area contributed by atoms with Gasteiger partial charge >= 0.3 is 0 Å². The molecule has 9 heteroatoms. The van der Waals surface area contributed by atoms with Crippen molar-refractivity contribution in [1.82, 2.24) is 5.32 Å². The largest absolute Gasteiger partial charge is 0.497 e. The maximum atomic E-state index is 12.8. The summed E-state index contributed by atoms with van der Waals surface area (Å²) in [7, 11) is -0.784. The van der Waals surface area contributed by atoms with Crippen molar-refractivity contribution in [2.75, 3.05) is 30.8 Å². The van der Waals surface area contributed by atoms with Crippen molar-refractivity contribution in [3.8, 4) is 11.5 Å². The number of rotatable bonds is 9. The SMILES string of the molecule is COc1ccc(NS(=O)(=O)c2ccc(NC(=S)NCCc3ccccc3)c(OC)c2)cc1. The summed E-state index contributed by atoms with van der Waals surface area (Å²) >= 11 is 5.35. The number of thiocarbonyl (C=S) groups is 1. The highest BCUT2D eigenvalue weighted by Gasteiger charge is 2.17. The van der Waals surface area contributed by atoms with Crippen LogP contribution in [0.2, 0.25) is 0 Å². The topological polar surface area (TPSA) is 88.7 Å². The van der Waals surface area contributed by atoms with Gasteiger partial charge in [-0.05, 0) is 60.6 Å². The number of hydrogen-bond donors (Lipinski definition) is 3. The first-order valence-electron chi connectivity index (χ1n) is 9.85. The lowest BCUT2D eigenvalue weighted by Gasteiger charge is -2.15. The first kappa shape index (κ1) is 23.4. The van der Waals surface area contributed by atoms with Crippen LogP contribution in [-0.2, 0) is 16.4 Å². The Hall–Kier alpha value is -3.30. The fourth-order valence-corrected chi connectivity index (χ4v) is 4.23. The quantitative estimate of drug-likeness (QED) is 0.406. The van der Waals surface area contributed by atoms with E-state index in [1.54, 1.807) is 37.4 Å². The van der Waals surface area contributed by atoms with Crippen LogP contribution in [0.5, 0.6) is 11.5 Å². The van der Waals surface area contributed by atoms with E-state index in [0.29, 0.717) is 34.5 Å². The normalized spacial score (nSPS) is 10.8. The van der Waals surface area contributed by atoms with E-state index in [1.807, 2.05) is 18.2 Å². The molecule has 3 aromatic rings. The molecule has 3 aromatic carbocycles. The highest BCUT2D eigenvalue weighted by Crippen LogP contribution is 2.29. The molecule has 0 bridgehead atoms. The monoisotopic (exact) mass is 471 g/mol. The third-order valence-corrected chi connectivity index (χ3v) is 6.24. The number of benzene rings is 3. The van der Waals surface area contributed by atoms with Crippen LogP contribution in [-0.4, -0.2) is 34.3 Å². The van der Waals surface area contributed by atoms with E-state index in [0.717, 1.165) is 6.42 Å². The highest BCUT2D eigenvalue weighted by atomic mass is 32.2. The highest BCUT2D eigenvalue weighted by molar-refractivity contribution is 7.92. The lowest BCUT2D eigenvalue weighted by Crippen LogP contribution is -2.30. The van der Waals surface area contributed by atoms with Crippen molar-refractivity contribution in [3.63, 3.8) is 0 Å². The van der Waals surface area contributed by atoms with Crippen LogP contribution in [0.25, 0.3) is 0 Å². The minimum Gasteiger partial charge on any atom is -0.497 e. The Bertz CT molecular complexity index is 1150. The molecule has 0 aromatic heterocycles. The summed E-state index contributed by atoms with van der Waals surface area (Å²) in [6.07, 6.45) is 0.827. The summed E-state index contributed by atoms with van der Waals surface area (Å²) < 4.78 is 38.6. The molecule has 3 N–H and O–H groups in total. The molecule has 0 aliphatic carbocycles. The average molecular weight is 472 g/mol. The third-order valence-electron chi connectivity index (χ3n) is 4.62. The second-order valence-electron chi connectivity index (χ2n) is 6.81. The van der Waals surface area contributed by atoms with Crippen LogP contribution in [0.4, 0.5) is 11.4 Å². The molecule has 3 rings (SSSR count). The molecule has 0 fully saturated rings. The Morgan fingerprint density at radius 3 is 2.31 bits per heavy atom. The van der Waals surface area contributed by atoms with Crippen molar-refractivity contribution >= 4 is 38.7 Å². The van der Waals surface area contributed by atoms with Gasteiger partial charge in [0.25, 0.3) is 10.0 Å².